The Morgan fingerprint density at radius 1 is 1.25 bits per heavy atom. The van der Waals surface area contributed by atoms with Crippen molar-refractivity contribution in [3.05, 3.63) is 11.8 Å². The summed E-state index contributed by atoms with van der Waals surface area (Å²) >= 11 is 0. The third-order valence-corrected chi connectivity index (χ3v) is 2.28. The van der Waals surface area contributed by atoms with E-state index in [0.29, 0.717) is 11.6 Å². The van der Waals surface area contributed by atoms with Crippen LogP contribution >= 0.6 is 0 Å². The van der Waals surface area contributed by atoms with Crippen LogP contribution in [0.15, 0.2) is 6.07 Å². The normalized spacial score (nSPS) is 15.8. The fourth-order valence-electron chi connectivity index (χ4n) is 1.53. The van der Waals surface area contributed by atoms with Gasteiger partial charge in [-0.05, 0) is 6.92 Å². The maximum atomic E-state index is 11.5. The zero-order valence-electron chi connectivity index (χ0n) is 9.06. The van der Waals surface area contributed by atoms with E-state index >= 15 is 0 Å². The molecule has 2 rings (SSSR count). The predicted molar refractivity (Wildman–Crippen MR) is 55.0 cm³/mol. The van der Waals surface area contributed by atoms with Gasteiger partial charge in [0.05, 0.1) is 7.11 Å². The molecule has 84 valence electrons. The molecule has 1 aromatic rings. The van der Waals surface area contributed by atoms with E-state index in [2.05, 4.69) is 9.97 Å². The molecular weight excluding hydrogens is 210 g/mol. The van der Waals surface area contributed by atoms with Crippen LogP contribution in [0.1, 0.15) is 18.5 Å². The highest BCUT2D eigenvalue weighted by Gasteiger charge is 2.32. The lowest BCUT2D eigenvalue weighted by atomic mass is 10.4. The molecule has 0 spiro atoms. The van der Waals surface area contributed by atoms with Gasteiger partial charge in [-0.15, -0.1) is 0 Å². The summed E-state index contributed by atoms with van der Waals surface area (Å²) in [5, 5.41) is 0. The number of aryl methyl sites for hydroxylation is 1. The lowest BCUT2D eigenvalue weighted by molar-refractivity contribution is -0.121. The van der Waals surface area contributed by atoms with Gasteiger partial charge in [0.1, 0.15) is 0 Å². The van der Waals surface area contributed by atoms with Crippen molar-refractivity contribution in [3.8, 4) is 5.88 Å². The second-order valence-electron chi connectivity index (χ2n) is 3.47. The molecule has 0 N–H and O–H groups in total. The number of nitrogens with zero attached hydrogens (tertiary/aromatic N) is 3. The van der Waals surface area contributed by atoms with Crippen molar-refractivity contribution in [2.75, 3.05) is 12.0 Å². The number of anilines is 1. The van der Waals surface area contributed by atoms with Crippen LogP contribution in [0.5, 0.6) is 5.88 Å². The van der Waals surface area contributed by atoms with Crippen LogP contribution in [-0.2, 0) is 9.59 Å². The molecule has 2 heterocycles. The van der Waals surface area contributed by atoms with Crippen LogP contribution in [0.4, 0.5) is 5.95 Å². The van der Waals surface area contributed by atoms with E-state index in [1.165, 1.54) is 7.11 Å². The predicted octanol–water partition coefficient (Wildman–Crippen LogP) is 0.447. The van der Waals surface area contributed by atoms with Crippen molar-refractivity contribution in [2.45, 2.75) is 19.8 Å². The van der Waals surface area contributed by atoms with E-state index in [4.69, 9.17) is 4.74 Å². The first-order valence-electron chi connectivity index (χ1n) is 4.87. The number of carbonyl (C=O) groups excluding carboxylic acids is 2. The van der Waals surface area contributed by atoms with Gasteiger partial charge in [0.2, 0.25) is 23.6 Å². The maximum absolute atomic E-state index is 11.5. The zero-order chi connectivity index (χ0) is 11.7. The molecule has 0 bridgehead atoms. The first-order valence-corrected chi connectivity index (χ1v) is 4.87. The molecule has 0 radical (unpaired) electrons. The van der Waals surface area contributed by atoms with E-state index in [9.17, 15) is 9.59 Å². The van der Waals surface area contributed by atoms with Crippen LogP contribution in [0, 0.1) is 6.92 Å². The van der Waals surface area contributed by atoms with Crippen molar-refractivity contribution in [1.29, 1.82) is 0 Å². The quantitative estimate of drug-likeness (QED) is 0.678. The summed E-state index contributed by atoms with van der Waals surface area (Å²) < 4.78 is 4.97. The minimum atomic E-state index is -0.266. The Labute approximate surface area is 92.3 Å². The molecule has 1 aliphatic rings. The number of carbonyl (C=O) groups is 2. The molecule has 6 nitrogen and oxygen atoms in total. The Hall–Kier alpha value is -1.98. The Bertz CT molecular complexity index is 443. The van der Waals surface area contributed by atoms with E-state index in [1.807, 2.05) is 0 Å². The largest absolute Gasteiger partial charge is 0.481 e. The van der Waals surface area contributed by atoms with Gasteiger partial charge in [0, 0.05) is 24.6 Å². The van der Waals surface area contributed by atoms with E-state index < -0.39 is 0 Å². The summed E-state index contributed by atoms with van der Waals surface area (Å²) in [6.45, 7) is 1.75. The molecule has 1 saturated heterocycles. The van der Waals surface area contributed by atoms with Gasteiger partial charge < -0.3 is 4.74 Å². The summed E-state index contributed by atoms with van der Waals surface area (Å²) in [6, 6.07) is 1.63. The van der Waals surface area contributed by atoms with E-state index in [-0.39, 0.29) is 30.6 Å². The van der Waals surface area contributed by atoms with Crippen molar-refractivity contribution < 1.29 is 14.3 Å². The average molecular weight is 221 g/mol. The Balaban J connectivity index is 2.43. The van der Waals surface area contributed by atoms with Gasteiger partial charge in [-0.3, -0.25) is 9.59 Å². The topological polar surface area (TPSA) is 72.4 Å². The summed E-state index contributed by atoms with van der Waals surface area (Å²) in [7, 11) is 1.47. The molecule has 0 saturated carbocycles. The third kappa shape index (κ3) is 1.73. The summed E-state index contributed by atoms with van der Waals surface area (Å²) in [4.78, 5) is 32.0. The molecule has 2 amide bonds. The van der Waals surface area contributed by atoms with E-state index in [1.54, 1.807) is 13.0 Å². The van der Waals surface area contributed by atoms with Gasteiger partial charge in [-0.2, -0.15) is 4.98 Å². The highest BCUT2D eigenvalue weighted by atomic mass is 16.5. The second-order valence-corrected chi connectivity index (χ2v) is 3.47. The number of hydrogen-bond donors (Lipinski definition) is 0. The number of aromatic nitrogens is 2. The number of ether oxygens (including phenoxy) is 1. The first kappa shape index (κ1) is 10.5. The lowest BCUT2D eigenvalue weighted by Gasteiger charge is -2.12. The number of amides is 2. The SMILES string of the molecule is COc1cc(C)nc(N2C(=O)CCC2=O)n1. The summed E-state index contributed by atoms with van der Waals surface area (Å²) in [5.74, 6) is -0.0883. The molecular formula is C10H11N3O3. The van der Waals surface area contributed by atoms with Crippen LogP contribution in [0.2, 0.25) is 0 Å². The monoisotopic (exact) mass is 221 g/mol. The average Bonchev–Trinajstić information content (AvgIpc) is 2.57. The third-order valence-electron chi connectivity index (χ3n) is 2.28. The molecule has 1 aromatic heterocycles. The van der Waals surface area contributed by atoms with Crippen LogP contribution in [-0.4, -0.2) is 28.9 Å². The van der Waals surface area contributed by atoms with Crippen LogP contribution in [0.3, 0.4) is 0 Å². The molecule has 6 heteroatoms. The second kappa shape index (κ2) is 3.88. The molecule has 1 fully saturated rings. The minimum absolute atomic E-state index is 0.101. The minimum Gasteiger partial charge on any atom is -0.481 e. The van der Waals surface area contributed by atoms with Gasteiger partial charge >= 0.3 is 0 Å². The van der Waals surface area contributed by atoms with Crippen molar-refractivity contribution in [1.82, 2.24) is 9.97 Å². The van der Waals surface area contributed by atoms with Crippen LogP contribution in [0.25, 0.3) is 0 Å². The number of imide groups is 1. The van der Waals surface area contributed by atoms with Gasteiger partial charge in [0.25, 0.3) is 0 Å². The Kier molecular flexibility index (Phi) is 2.55. The molecule has 0 unspecified atom stereocenters. The number of hydrogen-bond acceptors (Lipinski definition) is 5. The fourth-order valence-corrected chi connectivity index (χ4v) is 1.53. The van der Waals surface area contributed by atoms with E-state index in [0.717, 1.165) is 4.90 Å². The van der Waals surface area contributed by atoms with Gasteiger partial charge in [0.15, 0.2) is 0 Å². The highest BCUT2D eigenvalue weighted by Crippen LogP contribution is 2.21. The number of methoxy groups -OCH3 is 1. The Morgan fingerprint density at radius 2 is 1.88 bits per heavy atom. The fraction of sp³-hybridized carbons (Fsp3) is 0.400. The van der Waals surface area contributed by atoms with Crippen molar-refractivity contribution >= 4 is 17.8 Å². The molecule has 1 aliphatic heterocycles. The standard InChI is InChI=1S/C10H11N3O3/c1-6-5-7(16-2)12-10(11-6)13-8(14)3-4-9(13)15/h5H,3-4H2,1-2H3. The van der Waals surface area contributed by atoms with Gasteiger partial charge in [-0.25, -0.2) is 9.88 Å². The smallest absolute Gasteiger partial charge is 0.242 e. The first-order chi connectivity index (χ1) is 7.61. The molecule has 0 aliphatic carbocycles. The highest BCUT2D eigenvalue weighted by molar-refractivity contribution is 6.18. The Morgan fingerprint density at radius 3 is 2.44 bits per heavy atom. The summed E-state index contributed by atoms with van der Waals surface area (Å²) in [6.07, 6.45) is 0.441. The molecule has 0 atom stereocenters. The molecule has 16 heavy (non-hydrogen) atoms. The number of rotatable bonds is 2. The lowest BCUT2D eigenvalue weighted by Crippen LogP contribution is -2.30. The summed E-state index contributed by atoms with van der Waals surface area (Å²) in [5.41, 5.74) is 0.648. The van der Waals surface area contributed by atoms with Crippen molar-refractivity contribution in [2.24, 2.45) is 0 Å². The van der Waals surface area contributed by atoms with Gasteiger partial charge in [-0.1, -0.05) is 0 Å². The van der Waals surface area contributed by atoms with Crippen molar-refractivity contribution in [3.63, 3.8) is 0 Å². The molecule has 0 aromatic carbocycles. The maximum Gasteiger partial charge on any atom is 0.242 e. The van der Waals surface area contributed by atoms with Crippen LogP contribution < -0.4 is 9.64 Å². The zero-order valence-corrected chi connectivity index (χ0v) is 9.06.